The summed E-state index contributed by atoms with van der Waals surface area (Å²) in [6.45, 7) is 4.47. The van der Waals surface area contributed by atoms with E-state index < -0.39 is 41.7 Å². The van der Waals surface area contributed by atoms with E-state index in [9.17, 15) is 23.9 Å². The summed E-state index contributed by atoms with van der Waals surface area (Å²) in [6, 6.07) is 3.67. The molecule has 0 radical (unpaired) electrons. The van der Waals surface area contributed by atoms with Crippen molar-refractivity contribution < 1.29 is 33.4 Å². The van der Waals surface area contributed by atoms with Crippen LogP contribution in [0.2, 0.25) is 0 Å². The lowest BCUT2D eigenvalue weighted by Gasteiger charge is -2.29. The molecule has 8 heteroatoms. The topological polar surface area (TPSA) is 102 Å². The quantitative estimate of drug-likeness (QED) is 0.543. The Balaban J connectivity index is 3.31. The Morgan fingerprint density at radius 1 is 1.36 bits per heavy atom. The van der Waals surface area contributed by atoms with Crippen LogP contribution in [0, 0.1) is 5.82 Å². The fraction of sp³-hybridized carbons (Fsp3) is 0.471. The Morgan fingerprint density at radius 3 is 2.48 bits per heavy atom. The second kappa shape index (κ2) is 8.46. The van der Waals surface area contributed by atoms with Gasteiger partial charge < -0.3 is 19.9 Å². The van der Waals surface area contributed by atoms with Crippen LogP contribution in [-0.2, 0) is 25.5 Å². The van der Waals surface area contributed by atoms with Gasteiger partial charge in [-0.05, 0) is 31.0 Å². The van der Waals surface area contributed by atoms with Crippen molar-refractivity contribution in [1.82, 2.24) is 5.32 Å². The number of ether oxygens (including phenoxy) is 2. The number of nitrogens with one attached hydrogen (secondary N) is 1. The lowest BCUT2D eigenvalue weighted by Crippen LogP contribution is -2.62. The molecule has 25 heavy (non-hydrogen) atoms. The molecule has 2 N–H and O–H groups in total. The highest BCUT2D eigenvalue weighted by molar-refractivity contribution is 6.07. The molecule has 0 aliphatic rings. The predicted molar refractivity (Wildman–Crippen MR) is 86.7 cm³/mol. The fourth-order valence-corrected chi connectivity index (χ4v) is 2.17. The van der Waals surface area contributed by atoms with Crippen LogP contribution in [0.15, 0.2) is 18.2 Å². The SMILES string of the molecule is CCC(C)OC(=O)C(Cc1ccc(F)c(OC)c1)(NC(C)=O)C(=O)O. The van der Waals surface area contributed by atoms with Gasteiger partial charge in [0, 0.05) is 13.3 Å². The number of benzene rings is 1. The maximum Gasteiger partial charge on any atom is 0.344 e. The van der Waals surface area contributed by atoms with Gasteiger partial charge in [0.25, 0.3) is 0 Å². The van der Waals surface area contributed by atoms with Gasteiger partial charge in [-0.25, -0.2) is 14.0 Å². The van der Waals surface area contributed by atoms with E-state index in [1.54, 1.807) is 13.8 Å². The first-order chi connectivity index (χ1) is 11.7. The van der Waals surface area contributed by atoms with Crippen LogP contribution in [-0.4, -0.2) is 41.7 Å². The van der Waals surface area contributed by atoms with E-state index in [4.69, 9.17) is 9.47 Å². The van der Waals surface area contributed by atoms with Crippen LogP contribution in [0.3, 0.4) is 0 Å². The smallest absolute Gasteiger partial charge is 0.344 e. The first kappa shape index (κ1) is 20.4. The van der Waals surface area contributed by atoms with E-state index in [0.29, 0.717) is 6.42 Å². The highest BCUT2D eigenvalue weighted by Crippen LogP contribution is 2.23. The molecule has 0 aliphatic carbocycles. The van der Waals surface area contributed by atoms with E-state index in [2.05, 4.69) is 5.32 Å². The molecule has 1 rings (SSSR count). The molecule has 1 aromatic carbocycles. The zero-order valence-corrected chi connectivity index (χ0v) is 14.6. The third-order valence-electron chi connectivity index (χ3n) is 3.67. The Bertz CT molecular complexity index is 663. The van der Waals surface area contributed by atoms with Crippen molar-refractivity contribution in [2.24, 2.45) is 0 Å². The van der Waals surface area contributed by atoms with Crippen molar-refractivity contribution in [3.63, 3.8) is 0 Å². The van der Waals surface area contributed by atoms with E-state index >= 15 is 0 Å². The molecule has 1 amide bonds. The molecule has 0 aliphatic heterocycles. The molecule has 0 saturated heterocycles. The normalized spacial score (nSPS) is 14.1. The van der Waals surface area contributed by atoms with E-state index in [1.165, 1.54) is 19.2 Å². The summed E-state index contributed by atoms with van der Waals surface area (Å²) in [7, 11) is 1.26. The molecular formula is C17H22FNO6. The molecule has 0 bridgehead atoms. The zero-order valence-electron chi connectivity index (χ0n) is 14.6. The number of hydrogen-bond donors (Lipinski definition) is 2. The van der Waals surface area contributed by atoms with Gasteiger partial charge in [0.05, 0.1) is 13.2 Å². The van der Waals surface area contributed by atoms with Crippen molar-refractivity contribution in [3.05, 3.63) is 29.6 Å². The van der Waals surface area contributed by atoms with E-state index in [0.717, 1.165) is 13.0 Å². The third-order valence-corrected chi connectivity index (χ3v) is 3.67. The van der Waals surface area contributed by atoms with Gasteiger partial charge in [-0.3, -0.25) is 4.79 Å². The fourth-order valence-electron chi connectivity index (χ4n) is 2.17. The number of rotatable bonds is 8. The number of amides is 1. The van der Waals surface area contributed by atoms with Crippen LogP contribution in [0.1, 0.15) is 32.8 Å². The van der Waals surface area contributed by atoms with Crippen LogP contribution < -0.4 is 10.1 Å². The lowest BCUT2D eigenvalue weighted by atomic mass is 9.90. The predicted octanol–water partition coefficient (Wildman–Crippen LogP) is 1.68. The van der Waals surface area contributed by atoms with Crippen LogP contribution in [0.5, 0.6) is 5.75 Å². The second-order valence-electron chi connectivity index (χ2n) is 5.66. The molecule has 2 atom stereocenters. The molecular weight excluding hydrogens is 333 g/mol. The first-order valence-electron chi connectivity index (χ1n) is 7.72. The third kappa shape index (κ3) is 4.91. The minimum absolute atomic E-state index is 0.102. The average molecular weight is 355 g/mol. The number of methoxy groups -OCH3 is 1. The molecule has 1 aromatic rings. The van der Waals surface area contributed by atoms with Gasteiger partial charge >= 0.3 is 11.9 Å². The van der Waals surface area contributed by atoms with Gasteiger partial charge in [0.1, 0.15) is 0 Å². The Hall–Kier alpha value is -2.64. The number of halogens is 1. The number of esters is 1. The molecule has 0 saturated carbocycles. The van der Waals surface area contributed by atoms with Crippen molar-refractivity contribution in [2.75, 3.05) is 7.11 Å². The number of hydrogen-bond acceptors (Lipinski definition) is 5. The average Bonchev–Trinajstić information content (AvgIpc) is 2.54. The molecule has 0 aromatic heterocycles. The lowest BCUT2D eigenvalue weighted by molar-refractivity contribution is -0.168. The van der Waals surface area contributed by atoms with Gasteiger partial charge in [-0.2, -0.15) is 0 Å². The molecule has 7 nitrogen and oxygen atoms in total. The highest BCUT2D eigenvalue weighted by atomic mass is 19.1. The van der Waals surface area contributed by atoms with Crippen molar-refractivity contribution in [1.29, 1.82) is 0 Å². The van der Waals surface area contributed by atoms with Gasteiger partial charge in [-0.15, -0.1) is 0 Å². The number of carbonyl (C=O) groups is 3. The Morgan fingerprint density at radius 2 is 2.00 bits per heavy atom. The van der Waals surface area contributed by atoms with Crippen LogP contribution in [0.4, 0.5) is 4.39 Å². The molecule has 138 valence electrons. The summed E-state index contributed by atoms with van der Waals surface area (Å²) >= 11 is 0. The van der Waals surface area contributed by atoms with Crippen molar-refractivity contribution in [3.8, 4) is 5.75 Å². The summed E-state index contributed by atoms with van der Waals surface area (Å²) in [4.78, 5) is 35.9. The monoisotopic (exact) mass is 355 g/mol. The van der Waals surface area contributed by atoms with Crippen molar-refractivity contribution in [2.45, 2.75) is 45.3 Å². The molecule has 2 unspecified atom stereocenters. The van der Waals surface area contributed by atoms with Gasteiger partial charge in [0.15, 0.2) is 11.6 Å². The number of carbonyl (C=O) groups excluding carboxylic acids is 2. The summed E-state index contributed by atoms with van der Waals surface area (Å²) in [5, 5.41) is 11.8. The van der Waals surface area contributed by atoms with Crippen LogP contribution in [0.25, 0.3) is 0 Å². The molecule has 0 fully saturated rings. The van der Waals surface area contributed by atoms with Crippen LogP contribution >= 0.6 is 0 Å². The zero-order chi connectivity index (χ0) is 19.2. The molecule has 0 heterocycles. The molecule has 0 spiro atoms. The van der Waals surface area contributed by atoms with Crippen molar-refractivity contribution >= 4 is 17.8 Å². The standard InChI is InChI=1S/C17H22FNO6/c1-5-10(2)25-16(23)17(15(21)22,19-11(3)20)9-12-6-7-13(18)14(8-12)24-4/h6-8,10H,5,9H2,1-4H3,(H,19,20)(H,21,22). The summed E-state index contributed by atoms with van der Waals surface area (Å²) in [6.07, 6.45) is -0.470. The minimum Gasteiger partial charge on any atom is -0.494 e. The summed E-state index contributed by atoms with van der Waals surface area (Å²) in [5.74, 6) is -4.10. The number of carboxylic acids is 1. The number of carboxylic acid groups (broad SMARTS) is 1. The summed E-state index contributed by atoms with van der Waals surface area (Å²) < 4.78 is 23.5. The Labute approximate surface area is 145 Å². The Kier molecular flexibility index (Phi) is 6.90. The first-order valence-corrected chi connectivity index (χ1v) is 7.72. The largest absolute Gasteiger partial charge is 0.494 e. The van der Waals surface area contributed by atoms with E-state index in [-0.39, 0.29) is 11.3 Å². The maximum atomic E-state index is 13.5. The highest BCUT2D eigenvalue weighted by Gasteiger charge is 2.49. The minimum atomic E-state index is -2.32. The van der Waals surface area contributed by atoms with E-state index in [1.807, 2.05) is 0 Å². The van der Waals surface area contributed by atoms with Gasteiger partial charge in [-0.1, -0.05) is 13.0 Å². The summed E-state index contributed by atoms with van der Waals surface area (Å²) in [5.41, 5.74) is -2.03. The maximum absolute atomic E-state index is 13.5. The second-order valence-corrected chi connectivity index (χ2v) is 5.66. The number of aliphatic carboxylic acids is 1. The van der Waals surface area contributed by atoms with Gasteiger partial charge in [0.2, 0.25) is 11.4 Å².